The highest BCUT2D eigenvalue weighted by Crippen LogP contribution is 2.12. The molecule has 2 heterocycles. The molecule has 0 fully saturated rings. The number of benzene rings is 1. The molecule has 0 spiro atoms. The fraction of sp³-hybridized carbons (Fsp3) is 0.111. The van der Waals surface area contributed by atoms with Gasteiger partial charge >= 0.3 is 0 Å². The molecule has 0 saturated carbocycles. The number of rotatable bonds is 6. The molecule has 128 valence electrons. The van der Waals surface area contributed by atoms with Crippen LogP contribution < -0.4 is 15.5 Å². The van der Waals surface area contributed by atoms with Gasteiger partial charge in [-0.05, 0) is 18.2 Å². The maximum absolute atomic E-state index is 13.5. The molecule has 0 saturated heterocycles. The lowest BCUT2D eigenvalue weighted by Gasteiger charge is -2.07. The highest BCUT2D eigenvalue weighted by atomic mass is 19.1. The fourth-order valence-corrected chi connectivity index (χ4v) is 2.06. The molecule has 3 rings (SSSR count). The summed E-state index contributed by atoms with van der Waals surface area (Å²) >= 11 is 0. The van der Waals surface area contributed by atoms with Crippen molar-refractivity contribution in [3.63, 3.8) is 0 Å². The summed E-state index contributed by atoms with van der Waals surface area (Å²) in [6.07, 6.45) is 2.52. The van der Waals surface area contributed by atoms with Crippen molar-refractivity contribution in [2.45, 2.75) is 13.2 Å². The number of carbonyl (C=O) groups excluding carboxylic acids is 1. The van der Waals surface area contributed by atoms with Crippen LogP contribution in [0.5, 0.6) is 5.75 Å². The summed E-state index contributed by atoms with van der Waals surface area (Å²) in [7, 11) is 0. The molecular weight excluding hydrogens is 329 g/mol. The third-order valence-electron chi connectivity index (χ3n) is 3.37. The Bertz CT molecular complexity index is 917. The molecule has 25 heavy (non-hydrogen) atoms. The van der Waals surface area contributed by atoms with Crippen LogP contribution in [0.15, 0.2) is 68.6 Å². The minimum Gasteiger partial charge on any atom is -0.482 e. The second-order valence-corrected chi connectivity index (χ2v) is 5.11. The number of hydrogen-bond donors (Lipinski definition) is 1. The third-order valence-corrected chi connectivity index (χ3v) is 3.37. The molecule has 0 bridgehead atoms. The average Bonchev–Trinajstić information content (AvgIpc) is 3.13. The lowest BCUT2D eigenvalue weighted by Crippen LogP contribution is -2.23. The van der Waals surface area contributed by atoms with Gasteiger partial charge in [-0.3, -0.25) is 9.59 Å². The van der Waals surface area contributed by atoms with E-state index >= 15 is 0 Å². The van der Waals surface area contributed by atoms with E-state index in [0.29, 0.717) is 11.3 Å². The van der Waals surface area contributed by atoms with Crippen molar-refractivity contribution in [2.75, 3.05) is 0 Å². The van der Waals surface area contributed by atoms with Gasteiger partial charge in [-0.1, -0.05) is 18.2 Å². The quantitative estimate of drug-likeness (QED) is 0.744. The second-order valence-electron chi connectivity index (χ2n) is 5.11. The van der Waals surface area contributed by atoms with Crippen LogP contribution in [0.25, 0.3) is 0 Å². The van der Waals surface area contributed by atoms with Gasteiger partial charge in [-0.2, -0.15) is 0 Å². The zero-order chi connectivity index (χ0) is 17.6. The van der Waals surface area contributed by atoms with E-state index < -0.39 is 17.2 Å². The Labute approximate surface area is 141 Å². The number of hydrogen-bond acceptors (Lipinski definition) is 5. The fourth-order valence-electron chi connectivity index (χ4n) is 2.06. The lowest BCUT2D eigenvalue weighted by molar-refractivity contribution is 0.0916. The summed E-state index contributed by atoms with van der Waals surface area (Å²) in [5, 5.41) is 2.56. The number of amides is 1. The first-order valence-electron chi connectivity index (χ1n) is 7.43. The summed E-state index contributed by atoms with van der Waals surface area (Å²) in [5.41, 5.74) is -0.229. The third kappa shape index (κ3) is 4.14. The van der Waals surface area contributed by atoms with Crippen LogP contribution in [0.3, 0.4) is 0 Å². The predicted octanol–water partition coefficient (Wildman–Crippen LogP) is 2.88. The zero-order valence-electron chi connectivity index (χ0n) is 13.0. The minimum atomic E-state index is -0.561. The first kappa shape index (κ1) is 16.5. The van der Waals surface area contributed by atoms with Gasteiger partial charge in [-0.15, -0.1) is 0 Å². The second kappa shape index (κ2) is 7.48. The minimum absolute atomic E-state index is 0.106. The normalized spacial score (nSPS) is 10.4. The van der Waals surface area contributed by atoms with Crippen LogP contribution in [0, 0.1) is 5.82 Å². The summed E-state index contributed by atoms with van der Waals surface area (Å²) in [5.74, 6) is -0.684. The van der Waals surface area contributed by atoms with Gasteiger partial charge in [0.2, 0.25) is 11.2 Å². The van der Waals surface area contributed by atoms with E-state index in [0.717, 1.165) is 12.3 Å². The number of ether oxygens (including phenoxy) is 1. The topological polar surface area (TPSA) is 81.7 Å². The van der Waals surface area contributed by atoms with Gasteiger partial charge in [0.1, 0.15) is 24.4 Å². The van der Waals surface area contributed by atoms with Crippen molar-refractivity contribution < 1.29 is 22.8 Å². The maximum Gasteiger partial charge on any atom is 0.287 e. The van der Waals surface area contributed by atoms with E-state index in [1.54, 1.807) is 30.3 Å². The van der Waals surface area contributed by atoms with Gasteiger partial charge in [0.05, 0.1) is 12.8 Å². The molecule has 0 aliphatic rings. The number of nitrogens with one attached hydrogen (secondary N) is 1. The molecule has 7 heteroatoms. The molecule has 3 aromatic rings. The molecule has 6 nitrogen and oxygen atoms in total. The lowest BCUT2D eigenvalue weighted by atomic mass is 10.2. The van der Waals surface area contributed by atoms with Crippen LogP contribution in [-0.4, -0.2) is 5.91 Å². The van der Waals surface area contributed by atoms with Crippen LogP contribution in [-0.2, 0) is 13.2 Å². The van der Waals surface area contributed by atoms with Crippen LogP contribution in [0.4, 0.5) is 4.39 Å². The van der Waals surface area contributed by atoms with Gasteiger partial charge in [0.25, 0.3) is 5.91 Å². The first-order chi connectivity index (χ1) is 12.1. The van der Waals surface area contributed by atoms with Crippen molar-refractivity contribution in [3.05, 3.63) is 88.1 Å². The Hall–Kier alpha value is -3.35. The molecule has 1 amide bonds. The standard InChI is InChI=1S/C18H14FNO5/c19-14-6-2-1-4-12(14)10-24-17-11-25-16(8-15(17)21)18(22)20-9-13-5-3-7-23-13/h1-8,11H,9-10H2,(H,20,22). The predicted molar refractivity (Wildman–Crippen MR) is 85.6 cm³/mol. The zero-order valence-corrected chi connectivity index (χ0v) is 13.0. The summed E-state index contributed by atoms with van der Waals surface area (Å²) in [6, 6.07) is 10.5. The van der Waals surface area contributed by atoms with Crippen molar-refractivity contribution in [2.24, 2.45) is 0 Å². The van der Waals surface area contributed by atoms with Gasteiger partial charge in [-0.25, -0.2) is 4.39 Å². The van der Waals surface area contributed by atoms with E-state index in [1.807, 2.05) is 0 Å². The van der Waals surface area contributed by atoms with E-state index in [1.165, 1.54) is 12.3 Å². The molecule has 1 aromatic carbocycles. The Balaban J connectivity index is 1.63. The van der Waals surface area contributed by atoms with E-state index in [4.69, 9.17) is 13.6 Å². The van der Waals surface area contributed by atoms with Crippen LogP contribution in [0.1, 0.15) is 21.9 Å². The summed E-state index contributed by atoms with van der Waals surface area (Å²) < 4.78 is 29.0. The molecular formula is C18H14FNO5. The first-order valence-corrected chi connectivity index (χ1v) is 7.43. The SMILES string of the molecule is O=C(NCc1ccco1)c1cc(=O)c(OCc2ccccc2F)co1. The van der Waals surface area contributed by atoms with Crippen LogP contribution >= 0.6 is 0 Å². The smallest absolute Gasteiger partial charge is 0.287 e. The summed E-state index contributed by atoms with van der Waals surface area (Å²) in [6.45, 7) is 0.0442. The maximum atomic E-state index is 13.5. The Morgan fingerprint density at radius 1 is 1.16 bits per heavy atom. The van der Waals surface area contributed by atoms with Crippen molar-refractivity contribution in [1.82, 2.24) is 5.32 Å². The molecule has 0 aliphatic heterocycles. The van der Waals surface area contributed by atoms with Crippen LogP contribution in [0.2, 0.25) is 0 Å². The van der Waals surface area contributed by atoms with Crippen molar-refractivity contribution in [1.29, 1.82) is 0 Å². The Kier molecular flexibility index (Phi) is 4.94. The van der Waals surface area contributed by atoms with E-state index in [2.05, 4.69) is 5.32 Å². The van der Waals surface area contributed by atoms with Gasteiger partial charge in [0, 0.05) is 11.6 Å². The monoisotopic (exact) mass is 343 g/mol. The largest absolute Gasteiger partial charge is 0.482 e. The van der Waals surface area contributed by atoms with Crippen molar-refractivity contribution >= 4 is 5.91 Å². The van der Waals surface area contributed by atoms with Gasteiger partial charge in [0.15, 0.2) is 5.76 Å². The molecule has 2 aromatic heterocycles. The number of carbonyl (C=O) groups is 1. The molecule has 1 N–H and O–H groups in total. The summed E-state index contributed by atoms with van der Waals surface area (Å²) in [4.78, 5) is 24.0. The Morgan fingerprint density at radius 2 is 2.00 bits per heavy atom. The van der Waals surface area contributed by atoms with Crippen molar-refractivity contribution in [3.8, 4) is 5.75 Å². The molecule has 0 aliphatic carbocycles. The highest BCUT2D eigenvalue weighted by molar-refractivity contribution is 5.91. The van der Waals surface area contributed by atoms with E-state index in [9.17, 15) is 14.0 Å². The molecule has 0 radical (unpaired) electrons. The molecule has 0 unspecified atom stereocenters. The van der Waals surface area contributed by atoms with Gasteiger partial charge < -0.3 is 18.9 Å². The number of furan rings is 1. The average molecular weight is 343 g/mol. The number of halogens is 1. The highest BCUT2D eigenvalue weighted by Gasteiger charge is 2.13. The molecule has 0 atom stereocenters. The Morgan fingerprint density at radius 3 is 2.72 bits per heavy atom. The van der Waals surface area contributed by atoms with E-state index in [-0.39, 0.29) is 24.7 Å².